The Morgan fingerprint density at radius 1 is 1.46 bits per heavy atom. The molecule has 2 N–H and O–H groups in total. The fourth-order valence-electron chi connectivity index (χ4n) is 1.42. The molecule has 0 radical (unpaired) electrons. The minimum absolute atomic E-state index is 0.150. The molecule has 0 aliphatic carbocycles. The standard InChI is InChI=1S/C11H16FN/c1-3-5-10(13)9-7-4-6-8(2)11(9)12/h4,6-7,10H,3,5,13H2,1-2H3. The van der Waals surface area contributed by atoms with E-state index in [1.54, 1.807) is 19.1 Å². The van der Waals surface area contributed by atoms with E-state index in [0.29, 0.717) is 11.1 Å². The Kier molecular flexibility index (Phi) is 3.43. The van der Waals surface area contributed by atoms with E-state index in [2.05, 4.69) is 0 Å². The molecule has 13 heavy (non-hydrogen) atoms. The van der Waals surface area contributed by atoms with Gasteiger partial charge in [-0.15, -0.1) is 0 Å². The Hall–Kier alpha value is -0.890. The number of benzene rings is 1. The van der Waals surface area contributed by atoms with Crippen molar-refractivity contribution in [3.63, 3.8) is 0 Å². The minimum Gasteiger partial charge on any atom is -0.324 e. The molecule has 1 atom stereocenters. The molecule has 0 bridgehead atoms. The molecule has 1 rings (SSSR count). The third-order valence-corrected chi connectivity index (χ3v) is 2.22. The molecule has 72 valence electrons. The number of nitrogens with two attached hydrogens (primary N) is 1. The molecule has 0 aliphatic rings. The van der Waals surface area contributed by atoms with Crippen molar-refractivity contribution in [3.8, 4) is 0 Å². The van der Waals surface area contributed by atoms with E-state index in [0.717, 1.165) is 12.8 Å². The second kappa shape index (κ2) is 4.38. The lowest BCUT2D eigenvalue weighted by molar-refractivity contribution is 0.554. The molecule has 1 aromatic carbocycles. The molecule has 1 unspecified atom stereocenters. The lowest BCUT2D eigenvalue weighted by atomic mass is 10.0. The van der Waals surface area contributed by atoms with E-state index in [9.17, 15) is 4.39 Å². The summed E-state index contributed by atoms with van der Waals surface area (Å²) >= 11 is 0. The van der Waals surface area contributed by atoms with Gasteiger partial charge in [0.25, 0.3) is 0 Å². The van der Waals surface area contributed by atoms with Crippen LogP contribution in [0.2, 0.25) is 0 Å². The minimum atomic E-state index is -0.162. The van der Waals surface area contributed by atoms with Crippen molar-refractivity contribution in [1.82, 2.24) is 0 Å². The maximum Gasteiger partial charge on any atom is 0.130 e. The first-order chi connectivity index (χ1) is 6.16. The first kappa shape index (κ1) is 10.2. The molecule has 2 heteroatoms. The first-order valence-electron chi connectivity index (χ1n) is 4.67. The SMILES string of the molecule is CCCC(N)c1cccc(C)c1F. The lowest BCUT2D eigenvalue weighted by Crippen LogP contribution is -2.12. The van der Waals surface area contributed by atoms with E-state index < -0.39 is 0 Å². The zero-order chi connectivity index (χ0) is 9.84. The smallest absolute Gasteiger partial charge is 0.130 e. The maximum atomic E-state index is 13.5. The predicted octanol–water partition coefficient (Wildman–Crippen LogP) is 2.93. The third-order valence-electron chi connectivity index (χ3n) is 2.22. The highest BCUT2D eigenvalue weighted by Gasteiger charge is 2.11. The zero-order valence-electron chi connectivity index (χ0n) is 8.18. The number of rotatable bonds is 3. The van der Waals surface area contributed by atoms with Crippen molar-refractivity contribution < 1.29 is 4.39 Å². The Morgan fingerprint density at radius 3 is 2.77 bits per heavy atom. The van der Waals surface area contributed by atoms with Gasteiger partial charge in [0.15, 0.2) is 0 Å². The maximum absolute atomic E-state index is 13.5. The van der Waals surface area contributed by atoms with Gasteiger partial charge in [-0.3, -0.25) is 0 Å². The fourth-order valence-corrected chi connectivity index (χ4v) is 1.42. The van der Waals surface area contributed by atoms with Gasteiger partial charge in [-0.2, -0.15) is 0 Å². The van der Waals surface area contributed by atoms with Crippen molar-refractivity contribution in [2.45, 2.75) is 32.7 Å². The molecule has 1 nitrogen and oxygen atoms in total. The number of hydrogen-bond donors (Lipinski definition) is 1. The molecule has 1 aromatic rings. The van der Waals surface area contributed by atoms with Crippen LogP contribution < -0.4 is 5.73 Å². The largest absolute Gasteiger partial charge is 0.324 e. The lowest BCUT2D eigenvalue weighted by Gasteiger charge is -2.12. The quantitative estimate of drug-likeness (QED) is 0.762. The van der Waals surface area contributed by atoms with Crippen LogP contribution in [-0.4, -0.2) is 0 Å². The highest BCUT2D eigenvalue weighted by molar-refractivity contribution is 5.27. The van der Waals surface area contributed by atoms with Gasteiger partial charge >= 0.3 is 0 Å². The Morgan fingerprint density at radius 2 is 2.15 bits per heavy atom. The van der Waals surface area contributed by atoms with E-state index in [1.807, 2.05) is 13.0 Å². The summed E-state index contributed by atoms with van der Waals surface area (Å²) < 4.78 is 13.5. The van der Waals surface area contributed by atoms with Crippen LogP contribution in [0.25, 0.3) is 0 Å². The van der Waals surface area contributed by atoms with Crippen LogP contribution in [0.4, 0.5) is 4.39 Å². The molecule has 0 amide bonds. The third kappa shape index (κ3) is 2.28. The van der Waals surface area contributed by atoms with Gasteiger partial charge in [-0.05, 0) is 18.9 Å². The van der Waals surface area contributed by atoms with Crippen molar-refractivity contribution >= 4 is 0 Å². The van der Waals surface area contributed by atoms with Crippen molar-refractivity contribution in [1.29, 1.82) is 0 Å². The van der Waals surface area contributed by atoms with Gasteiger partial charge in [-0.1, -0.05) is 31.5 Å². The number of halogens is 1. The van der Waals surface area contributed by atoms with Gasteiger partial charge in [0.1, 0.15) is 5.82 Å². The molecule has 0 saturated heterocycles. The normalized spacial score (nSPS) is 12.9. The average Bonchev–Trinajstić information content (AvgIpc) is 2.10. The Bertz CT molecular complexity index is 283. The van der Waals surface area contributed by atoms with Crippen LogP contribution >= 0.6 is 0 Å². The average molecular weight is 181 g/mol. The summed E-state index contributed by atoms with van der Waals surface area (Å²) in [5.74, 6) is -0.150. The molecular formula is C11H16FN. The van der Waals surface area contributed by atoms with Crippen LogP contribution in [0.1, 0.15) is 36.9 Å². The van der Waals surface area contributed by atoms with E-state index >= 15 is 0 Å². The van der Waals surface area contributed by atoms with Crippen molar-refractivity contribution in [3.05, 3.63) is 35.1 Å². The highest BCUT2D eigenvalue weighted by atomic mass is 19.1. The molecule has 0 aliphatic heterocycles. The molecule has 0 spiro atoms. The first-order valence-corrected chi connectivity index (χ1v) is 4.67. The molecule has 0 fully saturated rings. The van der Waals surface area contributed by atoms with Crippen LogP contribution in [0.15, 0.2) is 18.2 Å². The van der Waals surface area contributed by atoms with Gasteiger partial charge in [-0.25, -0.2) is 4.39 Å². The molecular weight excluding hydrogens is 165 g/mol. The van der Waals surface area contributed by atoms with Gasteiger partial charge in [0.2, 0.25) is 0 Å². The van der Waals surface area contributed by atoms with Crippen LogP contribution in [0, 0.1) is 12.7 Å². The number of aryl methyl sites for hydroxylation is 1. The van der Waals surface area contributed by atoms with Crippen LogP contribution in [0.5, 0.6) is 0 Å². The molecule has 0 heterocycles. The number of hydrogen-bond acceptors (Lipinski definition) is 1. The van der Waals surface area contributed by atoms with Gasteiger partial charge in [0, 0.05) is 11.6 Å². The van der Waals surface area contributed by atoms with Crippen molar-refractivity contribution in [2.24, 2.45) is 5.73 Å². The van der Waals surface area contributed by atoms with E-state index in [4.69, 9.17) is 5.73 Å². The summed E-state index contributed by atoms with van der Waals surface area (Å²) in [5.41, 5.74) is 7.15. The van der Waals surface area contributed by atoms with Gasteiger partial charge in [0.05, 0.1) is 0 Å². The highest BCUT2D eigenvalue weighted by Crippen LogP contribution is 2.20. The fraction of sp³-hybridized carbons (Fsp3) is 0.455. The summed E-state index contributed by atoms with van der Waals surface area (Å²) in [6.45, 7) is 3.81. The van der Waals surface area contributed by atoms with Crippen LogP contribution in [-0.2, 0) is 0 Å². The van der Waals surface area contributed by atoms with Crippen molar-refractivity contribution in [2.75, 3.05) is 0 Å². The summed E-state index contributed by atoms with van der Waals surface area (Å²) in [4.78, 5) is 0. The van der Waals surface area contributed by atoms with E-state index in [-0.39, 0.29) is 11.9 Å². The topological polar surface area (TPSA) is 26.0 Å². The summed E-state index contributed by atoms with van der Waals surface area (Å²) in [6.07, 6.45) is 1.81. The van der Waals surface area contributed by atoms with E-state index in [1.165, 1.54) is 0 Å². The summed E-state index contributed by atoms with van der Waals surface area (Å²) in [6, 6.07) is 5.22. The summed E-state index contributed by atoms with van der Waals surface area (Å²) in [5, 5.41) is 0. The second-order valence-electron chi connectivity index (χ2n) is 3.37. The second-order valence-corrected chi connectivity index (χ2v) is 3.37. The Labute approximate surface area is 78.8 Å². The zero-order valence-corrected chi connectivity index (χ0v) is 8.18. The predicted molar refractivity (Wildman–Crippen MR) is 53.0 cm³/mol. The molecule has 0 saturated carbocycles. The Balaban J connectivity index is 2.93. The molecule has 0 aromatic heterocycles. The van der Waals surface area contributed by atoms with Crippen LogP contribution in [0.3, 0.4) is 0 Å². The monoisotopic (exact) mass is 181 g/mol. The summed E-state index contributed by atoms with van der Waals surface area (Å²) in [7, 11) is 0. The van der Waals surface area contributed by atoms with Gasteiger partial charge < -0.3 is 5.73 Å².